The Hall–Kier alpha value is 0.322. The molecule has 0 saturated carbocycles. The second-order valence-electron chi connectivity index (χ2n) is 1.72. The molecule has 0 aliphatic rings. The summed E-state index contributed by atoms with van der Waals surface area (Å²) in [5.74, 6) is 0. The lowest BCUT2D eigenvalue weighted by atomic mass is 10.2. The van der Waals surface area contributed by atoms with E-state index in [0.717, 1.165) is 0 Å². The van der Waals surface area contributed by atoms with Gasteiger partial charge in [-0.05, 0) is 6.42 Å². The largest absolute Gasteiger partial charge is 0.389 e. The number of alkyl halides is 3. The van der Waals surface area contributed by atoms with E-state index in [1.807, 2.05) is 0 Å². The minimum absolute atomic E-state index is 0. The van der Waals surface area contributed by atoms with Gasteiger partial charge in [0.1, 0.15) is 0 Å². The minimum atomic E-state index is -3.95. The molecule has 0 aromatic carbocycles. The average Bonchev–Trinajstić information content (AvgIpc) is 1.59. The highest BCUT2D eigenvalue weighted by molar-refractivity contribution is 5.75. The van der Waals surface area contributed by atoms with Gasteiger partial charge in [0.25, 0.3) is 0 Å². The molecule has 53 valence electrons. The third kappa shape index (κ3) is 11.7. The maximum Gasteiger partial charge on any atom is 0.389 e. The second-order valence-corrected chi connectivity index (χ2v) is 1.72. The summed E-state index contributed by atoms with van der Waals surface area (Å²) in [5, 5.41) is 0. The van der Waals surface area contributed by atoms with Gasteiger partial charge in [0.05, 0.1) is 0 Å². The Labute approximate surface area is 63.6 Å². The summed E-state index contributed by atoms with van der Waals surface area (Å²) < 4.78 is 33.7. The molecule has 0 saturated heterocycles. The molecule has 0 amide bonds. The molecule has 0 spiro atoms. The van der Waals surface area contributed by atoms with Gasteiger partial charge in [-0.1, -0.05) is 13.3 Å². The maximum absolute atomic E-state index is 11.2. The van der Waals surface area contributed by atoms with E-state index >= 15 is 0 Å². The lowest BCUT2D eigenvalue weighted by molar-refractivity contribution is -0.135. The highest BCUT2D eigenvalue weighted by Gasteiger charge is 2.25. The Bertz CT molecular complexity index is 59.7. The monoisotopic (exact) mass is 153 g/mol. The van der Waals surface area contributed by atoms with Crippen molar-refractivity contribution in [1.82, 2.24) is 0 Å². The molecule has 9 heavy (non-hydrogen) atoms. The van der Waals surface area contributed by atoms with Crippen molar-refractivity contribution in [2.45, 2.75) is 32.4 Å². The molecular formula is C5H9AlF3. The Kier molecular flexibility index (Phi) is 6.87. The SMILES string of the molecule is CCCCC(F)(F)F.[Al]. The normalized spacial score (nSPS) is 10.7. The molecule has 0 rings (SSSR count). The van der Waals surface area contributed by atoms with Crippen LogP contribution in [0.3, 0.4) is 0 Å². The van der Waals surface area contributed by atoms with Crippen LogP contribution in [0.4, 0.5) is 13.2 Å². The number of halogens is 3. The molecule has 0 unspecified atom stereocenters. The molecule has 0 aliphatic carbocycles. The van der Waals surface area contributed by atoms with Crippen LogP contribution in [0.2, 0.25) is 0 Å². The number of unbranched alkanes of at least 4 members (excludes halogenated alkanes) is 1. The lowest BCUT2D eigenvalue weighted by Gasteiger charge is -2.02. The van der Waals surface area contributed by atoms with Gasteiger partial charge in [-0.2, -0.15) is 13.2 Å². The topological polar surface area (TPSA) is 0 Å². The van der Waals surface area contributed by atoms with Crippen LogP contribution in [0.5, 0.6) is 0 Å². The number of hydrogen-bond donors (Lipinski definition) is 0. The van der Waals surface area contributed by atoms with E-state index in [9.17, 15) is 13.2 Å². The molecule has 0 aliphatic heterocycles. The molecule has 0 heterocycles. The first-order valence-electron chi connectivity index (χ1n) is 2.63. The summed E-state index contributed by atoms with van der Waals surface area (Å²) >= 11 is 0. The van der Waals surface area contributed by atoms with Crippen molar-refractivity contribution in [3.05, 3.63) is 0 Å². The quantitative estimate of drug-likeness (QED) is 0.534. The molecule has 0 fully saturated rings. The summed E-state index contributed by atoms with van der Waals surface area (Å²) in [6, 6.07) is 0. The molecule has 4 heteroatoms. The third-order valence-electron chi connectivity index (χ3n) is 0.814. The van der Waals surface area contributed by atoms with E-state index in [1.54, 1.807) is 6.92 Å². The summed E-state index contributed by atoms with van der Waals surface area (Å²) in [5.41, 5.74) is 0. The third-order valence-corrected chi connectivity index (χ3v) is 0.814. The van der Waals surface area contributed by atoms with Crippen LogP contribution in [-0.2, 0) is 0 Å². The van der Waals surface area contributed by atoms with Crippen molar-refractivity contribution in [2.75, 3.05) is 0 Å². The predicted molar refractivity (Wildman–Crippen MR) is 31.3 cm³/mol. The zero-order chi connectivity index (χ0) is 6.62. The van der Waals surface area contributed by atoms with Crippen molar-refractivity contribution < 1.29 is 13.2 Å². The highest BCUT2D eigenvalue weighted by atomic mass is 27.0. The van der Waals surface area contributed by atoms with Crippen molar-refractivity contribution in [3.63, 3.8) is 0 Å². The van der Waals surface area contributed by atoms with E-state index < -0.39 is 12.6 Å². The lowest BCUT2D eigenvalue weighted by Crippen LogP contribution is -2.05. The summed E-state index contributed by atoms with van der Waals surface area (Å²) in [4.78, 5) is 0. The van der Waals surface area contributed by atoms with Gasteiger partial charge in [0, 0.05) is 23.8 Å². The Morgan fingerprint density at radius 1 is 1.22 bits per heavy atom. The molecule has 0 bridgehead atoms. The molecule has 0 aromatic heterocycles. The average molecular weight is 153 g/mol. The van der Waals surface area contributed by atoms with Gasteiger partial charge in [-0.15, -0.1) is 0 Å². The zero-order valence-corrected chi connectivity index (χ0v) is 6.49. The van der Waals surface area contributed by atoms with Crippen LogP contribution in [0.15, 0.2) is 0 Å². The molecule has 0 atom stereocenters. The maximum atomic E-state index is 11.2. The van der Waals surface area contributed by atoms with E-state index in [-0.39, 0.29) is 23.8 Å². The summed E-state index contributed by atoms with van der Waals surface area (Å²) in [6.07, 6.45) is -3.72. The van der Waals surface area contributed by atoms with Crippen LogP contribution < -0.4 is 0 Å². The van der Waals surface area contributed by atoms with E-state index in [0.29, 0.717) is 6.42 Å². The molecule has 0 N–H and O–H groups in total. The summed E-state index contributed by atoms with van der Waals surface area (Å²) in [6.45, 7) is 1.74. The smallest absolute Gasteiger partial charge is 0.171 e. The van der Waals surface area contributed by atoms with E-state index in [2.05, 4.69) is 0 Å². The summed E-state index contributed by atoms with van der Waals surface area (Å²) in [7, 11) is 0. The van der Waals surface area contributed by atoms with Gasteiger partial charge in [0.15, 0.2) is 0 Å². The fourth-order valence-corrected chi connectivity index (χ4v) is 0.377. The Morgan fingerprint density at radius 2 is 1.67 bits per heavy atom. The predicted octanol–water partition coefficient (Wildman–Crippen LogP) is 2.36. The van der Waals surface area contributed by atoms with Crippen LogP contribution in [0, 0.1) is 0 Å². The first-order chi connectivity index (χ1) is 3.56. The first kappa shape index (κ1) is 12.0. The molecule has 3 radical (unpaired) electrons. The van der Waals surface area contributed by atoms with E-state index in [1.165, 1.54) is 0 Å². The minimum Gasteiger partial charge on any atom is -0.171 e. The van der Waals surface area contributed by atoms with Crippen LogP contribution in [0.1, 0.15) is 26.2 Å². The van der Waals surface area contributed by atoms with Gasteiger partial charge >= 0.3 is 6.18 Å². The van der Waals surface area contributed by atoms with Crippen molar-refractivity contribution in [1.29, 1.82) is 0 Å². The molecular weight excluding hydrogens is 144 g/mol. The van der Waals surface area contributed by atoms with Crippen molar-refractivity contribution in [2.24, 2.45) is 0 Å². The number of hydrogen-bond acceptors (Lipinski definition) is 0. The van der Waals surface area contributed by atoms with Gasteiger partial charge in [-0.25, -0.2) is 0 Å². The van der Waals surface area contributed by atoms with Crippen LogP contribution in [0.25, 0.3) is 0 Å². The highest BCUT2D eigenvalue weighted by Crippen LogP contribution is 2.21. The first-order valence-corrected chi connectivity index (χ1v) is 2.63. The standard InChI is InChI=1S/C5H9F3.Al/c1-2-3-4-5(6,7)8;/h2-4H2,1H3;. The van der Waals surface area contributed by atoms with Crippen molar-refractivity contribution >= 4 is 17.4 Å². The molecule has 0 nitrogen and oxygen atoms in total. The number of rotatable bonds is 2. The van der Waals surface area contributed by atoms with Gasteiger partial charge in [0.2, 0.25) is 0 Å². The Balaban J connectivity index is 0. The Morgan fingerprint density at radius 3 is 1.78 bits per heavy atom. The zero-order valence-electron chi connectivity index (χ0n) is 5.33. The fourth-order valence-electron chi connectivity index (χ4n) is 0.377. The van der Waals surface area contributed by atoms with Gasteiger partial charge in [-0.3, -0.25) is 0 Å². The van der Waals surface area contributed by atoms with Crippen LogP contribution >= 0.6 is 0 Å². The van der Waals surface area contributed by atoms with Crippen molar-refractivity contribution in [3.8, 4) is 0 Å². The van der Waals surface area contributed by atoms with E-state index in [4.69, 9.17) is 0 Å². The fraction of sp³-hybridized carbons (Fsp3) is 1.00. The van der Waals surface area contributed by atoms with Crippen LogP contribution in [-0.4, -0.2) is 23.5 Å². The molecule has 0 aromatic rings. The van der Waals surface area contributed by atoms with Gasteiger partial charge < -0.3 is 0 Å². The second kappa shape index (κ2) is 5.13.